The molecule has 2 unspecified atom stereocenters. The second-order valence-electron chi connectivity index (χ2n) is 13.7. The monoisotopic (exact) mass is 632 g/mol. The third-order valence-corrected chi connectivity index (χ3v) is 10.6. The number of fused-ring (bicyclic) bond motifs is 10. The van der Waals surface area contributed by atoms with Crippen molar-refractivity contribution in [3.63, 3.8) is 0 Å². The van der Waals surface area contributed by atoms with Gasteiger partial charge in [-0.3, -0.25) is 0 Å². The molecule has 2 aliphatic carbocycles. The van der Waals surface area contributed by atoms with Gasteiger partial charge in [-0.1, -0.05) is 92.7 Å². The molecule has 0 fully saturated rings. The Bertz CT molecular complexity index is 2810. The zero-order valence-electron chi connectivity index (χ0n) is 27.3. The molecule has 49 heavy (non-hydrogen) atoms. The molecule has 4 nitrogen and oxygen atoms in total. The molecule has 2 aliphatic rings. The van der Waals surface area contributed by atoms with E-state index in [1.807, 2.05) is 6.07 Å². The molecule has 3 aromatic heterocycles. The fourth-order valence-corrected chi connectivity index (χ4v) is 8.21. The molecule has 4 heteroatoms. The summed E-state index contributed by atoms with van der Waals surface area (Å²) in [5, 5.41) is 16.1. The van der Waals surface area contributed by atoms with Gasteiger partial charge in [0.2, 0.25) is 0 Å². The van der Waals surface area contributed by atoms with Gasteiger partial charge in [0.15, 0.2) is 0 Å². The van der Waals surface area contributed by atoms with Gasteiger partial charge in [0.05, 0.1) is 28.2 Å². The molecule has 0 N–H and O–H groups in total. The summed E-state index contributed by atoms with van der Waals surface area (Å²) in [6, 6.07) is 38.8. The van der Waals surface area contributed by atoms with Crippen LogP contribution < -0.4 is 0 Å². The minimum Gasteiger partial charge on any atom is -0.456 e. The molecule has 0 aliphatic heterocycles. The van der Waals surface area contributed by atoms with Gasteiger partial charge in [-0.25, -0.2) is 0 Å². The smallest absolute Gasteiger partial charge is 0.147 e. The molecule has 0 saturated carbocycles. The number of nitriles is 1. The lowest BCUT2D eigenvalue weighted by molar-refractivity contribution is 0.662. The number of allylic oxidation sites excluding steroid dienone is 5. The van der Waals surface area contributed by atoms with Crippen LogP contribution in [0.3, 0.4) is 0 Å². The van der Waals surface area contributed by atoms with E-state index in [9.17, 15) is 5.26 Å². The average molecular weight is 633 g/mol. The number of aromatic nitrogens is 1. The highest BCUT2D eigenvalue weighted by atomic mass is 16.3. The van der Waals surface area contributed by atoms with Crippen molar-refractivity contribution in [3.05, 3.63) is 138 Å². The van der Waals surface area contributed by atoms with Gasteiger partial charge < -0.3 is 13.4 Å². The largest absolute Gasteiger partial charge is 0.456 e. The number of nitrogens with zero attached hydrogens (tertiary/aromatic N) is 2. The molecule has 8 aromatic rings. The minimum absolute atomic E-state index is 0.117. The maximum Gasteiger partial charge on any atom is 0.147 e. The van der Waals surface area contributed by atoms with Crippen LogP contribution in [-0.2, 0) is 6.42 Å². The van der Waals surface area contributed by atoms with Gasteiger partial charge in [0.25, 0.3) is 0 Å². The molecule has 0 spiro atoms. The molecule has 0 amide bonds. The molecular formula is C45H32N2O2. The fourth-order valence-electron chi connectivity index (χ4n) is 8.21. The molecular weight excluding hydrogens is 601 g/mol. The highest BCUT2D eigenvalue weighted by Crippen LogP contribution is 2.46. The van der Waals surface area contributed by atoms with E-state index in [-0.39, 0.29) is 5.92 Å². The first-order chi connectivity index (χ1) is 24.1. The first-order valence-electron chi connectivity index (χ1n) is 17.1. The number of benzene rings is 5. The van der Waals surface area contributed by atoms with E-state index in [1.54, 1.807) is 0 Å². The van der Waals surface area contributed by atoms with E-state index in [1.165, 1.54) is 22.2 Å². The van der Waals surface area contributed by atoms with E-state index in [0.29, 0.717) is 5.92 Å². The minimum atomic E-state index is 0.117. The summed E-state index contributed by atoms with van der Waals surface area (Å²) < 4.78 is 15.5. The fraction of sp³-hybridized carbons (Fsp3) is 0.133. The van der Waals surface area contributed by atoms with Crippen molar-refractivity contribution in [1.82, 2.24) is 4.57 Å². The van der Waals surface area contributed by atoms with E-state index < -0.39 is 0 Å². The number of rotatable bonds is 3. The SMILES string of the molecule is CC1C=Cc2c(n(C3=C(C#N)C(C)CC=C3c3ccc4oc5ccc6c7cc(-c8ccccc8)ccc7oc6c5c4c3)c3ccccc23)C1. The second-order valence-corrected chi connectivity index (χ2v) is 13.7. The Hall–Kier alpha value is -6.05. The van der Waals surface area contributed by atoms with Gasteiger partial charge >= 0.3 is 0 Å². The van der Waals surface area contributed by atoms with Gasteiger partial charge in [-0.2, -0.15) is 5.26 Å². The molecule has 0 bridgehead atoms. The molecule has 0 radical (unpaired) electrons. The van der Waals surface area contributed by atoms with Crippen molar-refractivity contribution < 1.29 is 8.83 Å². The van der Waals surface area contributed by atoms with Crippen LogP contribution in [-0.4, -0.2) is 4.57 Å². The maximum atomic E-state index is 10.7. The molecule has 2 atom stereocenters. The summed E-state index contributed by atoms with van der Waals surface area (Å²) in [7, 11) is 0. The molecule has 234 valence electrons. The zero-order valence-corrected chi connectivity index (χ0v) is 27.3. The highest BCUT2D eigenvalue weighted by Gasteiger charge is 2.30. The number of furan rings is 2. The number of hydrogen-bond donors (Lipinski definition) is 0. The van der Waals surface area contributed by atoms with Gasteiger partial charge in [0.1, 0.15) is 22.3 Å². The van der Waals surface area contributed by atoms with Crippen LogP contribution in [0, 0.1) is 23.2 Å². The first-order valence-corrected chi connectivity index (χ1v) is 17.1. The summed E-state index contributed by atoms with van der Waals surface area (Å²) >= 11 is 0. The average Bonchev–Trinajstić information content (AvgIpc) is 3.80. The van der Waals surface area contributed by atoms with Crippen molar-refractivity contribution in [1.29, 1.82) is 5.26 Å². The van der Waals surface area contributed by atoms with Gasteiger partial charge in [-0.15, -0.1) is 0 Å². The van der Waals surface area contributed by atoms with E-state index in [4.69, 9.17) is 8.83 Å². The van der Waals surface area contributed by atoms with Crippen LogP contribution in [0.25, 0.3) is 83.3 Å². The quantitative estimate of drug-likeness (QED) is 0.195. The summed E-state index contributed by atoms with van der Waals surface area (Å²) in [6.45, 7) is 4.43. The Kier molecular flexibility index (Phi) is 5.99. The standard InChI is InChI=1S/C45H32N2O2/c1-26-12-16-33-32-10-6-7-11-38(32)47(39(33)22-26)44-31(17-13-27(2)37(44)25-46)30-15-20-41-36(24-30)43-42(48-41)21-18-34-35-23-29(28-8-4-3-5-9-28)14-19-40(35)49-45(34)43/h3-12,14-21,23-24,26-27H,13,22H2,1-2H3. The topological polar surface area (TPSA) is 55.0 Å². The zero-order chi connectivity index (χ0) is 32.8. The first kappa shape index (κ1) is 28.0. The van der Waals surface area contributed by atoms with Crippen LogP contribution in [0.15, 0.2) is 130 Å². The van der Waals surface area contributed by atoms with Crippen molar-refractivity contribution in [2.75, 3.05) is 0 Å². The Morgan fingerprint density at radius 3 is 2.33 bits per heavy atom. The molecule has 3 heterocycles. The lowest BCUT2D eigenvalue weighted by Crippen LogP contribution is -2.16. The third-order valence-electron chi connectivity index (χ3n) is 10.6. The van der Waals surface area contributed by atoms with Gasteiger partial charge in [-0.05, 0) is 83.8 Å². The van der Waals surface area contributed by atoms with Crippen LogP contribution in [0.4, 0.5) is 0 Å². The third kappa shape index (κ3) is 4.09. The Balaban J connectivity index is 1.20. The predicted octanol–water partition coefficient (Wildman–Crippen LogP) is 12.2. The summed E-state index contributed by atoms with van der Waals surface area (Å²) in [5.41, 5.74) is 13.3. The van der Waals surface area contributed by atoms with Crippen molar-refractivity contribution in [3.8, 4) is 17.2 Å². The second kappa shape index (κ2) is 10.5. The Morgan fingerprint density at radius 2 is 1.47 bits per heavy atom. The van der Waals surface area contributed by atoms with Gasteiger partial charge in [0, 0.05) is 38.4 Å². The molecule has 10 rings (SSSR count). The van der Waals surface area contributed by atoms with Crippen LogP contribution in [0.5, 0.6) is 0 Å². The lowest BCUT2D eigenvalue weighted by atomic mass is 9.84. The Labute approximate surface area is 283 Å². The van der Waals surface area contributed by atoms with E-state index in [0.717, 1.165) is 90.2 Å². The van der Waals surface area contributed by atoms with Crippen molar-refractivity contribution >= 4 is 72.1 Å². The van der Waals surface area contributed by atoms with Crippen molar-refractivity contribution in [2.45, 2.75) is 26.7 Å². The lowest BCUT2D eigenvalue weighted by Gasteiger charge is -2.27. The number of hydrogen-bond acceptors (Lipinski definition) is 3. The predicted molar refractivity (Wildman–Crippen MR) is 201 cm³/mol. The summed E-state index contributed by atoms with van der Waals surface area (Å²) in [5.74, 6) is 0.533. The van der Waals surface area contributed by atoms with Crippen molar-refractivity contribution in [2.24, 2.45) is 11.8 Å². The Morgan fingerprint density at radius 1 is 0.714 bits per heavy atom. The van der Waals surface area contributed by atoms with E-state index >= 15 is 0 Å². The number of para-hydroxylation sites is 1. The van der Waals surface area contributed by atoms with E-state index in [2.05, 4.69) is 140 Å². The molecule has 5 aromatic carbocycles. The van der Waals surface area contributed by atoms with Crippen LogP contribution >= 0.6 is 0 Å². The summed E-state index contributed by atoms with van der Waals surface area (Å²) in [4.78, 5) is 0. The highest BCUT2D eigenvalue weighted by molar-refractivity contribution is 6.23. The summed E-state index contributed by atoms with van der Waals surface area (Å²) in [6.07, 6.45) is 8.64. The normalized spacial score (nSPS) is 17.8. The van der Waals surface area contributed by atoms with Crippen LogP contribution in [0.2, 0.25) is 0 Å². The van der Waals surface area contributed by atoms with Crippen LogP contribution in [0.1, 0.15) is 37.1 Å². The molecule has 0 saturated heterocycles. The maximum absolute atomic E-state index is 10.7.